The minimum Gasteiger partial charge on any atom is -0.308 e. The zero-order valence-electron chi connectivity index (χ0n) is 11.1. The summed E-state index contributed by atoms with van der Waals surface area (Å²) in [4.78, 5) is 2.77. The van der Waals surface area contributed by atoms with Crippen LogP contribution in [0.25, 0.3) is 0 Å². The van der Waals surface area contributed by atoms with Crippen LogP contribution in [0.2, 0.25) is 0 Å². The lowest BCUT2D eigenvalue weighted by Gasteiger charge is -2.46. The SMILES string of the molecule is CCCCN1CC2(CCCC2)NCC1CC. The van der Waals surface area contributed by atoms with Crippen molar-refractivity contribution in [2.75, 3.05) is 19.6 Å². The lowest BCUT2D eigenvalue weighted by molar-refractivity contribution is 0.0771. The second-order valence-corrected chi connectivity index (χ2v) is 5.75. The Kier molecular flexibility index (Phi) is 4.26. The van der Waals surface area contributed by atoms with Gasteiger partial charge in [0.1, 0.15) is 0 Å². The van der Waals surface area contributed by atoms with Gasteiger partial charge in [0.2, 0.25) is 0 Å². The molecule has 1 saturated heterocycles. The van der Waals surface area contributed by atoms with Gasteiger partial charge < -0.3 is 5.32 Å². The molecule has 2 rings (SSSR count). The molecule has 1 aliphatic carbocycles. The fraction of sp³-hybridized carbons (Fsp3) is 1.00. The second-order valence-electron chi connectivity index (χ2n) is 5.75. The Hall–Kier alpha value is -0.0800. The average Bonchev–Trinajstić information content (AvgIpc) is 2.75. The molecule has 0 aromatic rings. The first kappa shape index (κ1) is 12.4. The highest BCUT2D eigenvalue weighted by Gasteiger charge is 2.40. The molecule has 1 unspecified atom stereocenters. The van der Waals surface area contributed by atoms with E-state index in [2.05, 4.69) is 24.1 Å². The molecule has 16 heavy (non-hydrogen) atoms. The predicted octanol–water partition coefficient (Wildman–Crippen LogP) is 2.78. The maximum Gasteiger partial charge on any atom is 0.0309 e. The van der Waals surface area contributed by atoms with E-state index in [-0.39, 0.29) is 0 Å². The van der Waals surface area contributed by atoms with Crippen LogP contribution in [-0.4, -0.2) is 36.1 Å². The molecule has 1 N–H and O–H groups in total. The highest BCUT2D eigenvalue weighted by Crippen LogP contribution is 2.33. The molecule has 1 atom stereocenters. The smallest absolute Gasteiger partial charge is 0.0309 e. The quantitative estimate of drug-likeness (QED) is 0.790. The van der Waals surface area contributed by atoms with Crippen molar-refractivity contribution in [3.8, 4) is 0 Å². The van der Waals surface area contributed by atoms with Crippen molar-refractivity contribution < 1.29 is 0 Å². The first-order valence-corrected chi connectivity index (χ1v) is 7.29. The molecule has 0 aromatic carbocycles. The molecular weight excluding hydrogens is 196 g/mol. The van der Waals surface area contributed by atoms with Crippen LogP contribution < -0.4 is 5.32 Å². The fourth-order valence-electron chi connectivity index (χ4n) is 3.45. The summed E-state index contributed by atoms with van der Waals surface area (Å²) in [5.41, 5.74) is 0.499. The van der Waals surface area contributed by atoms with Crippen molar-refractivity contribution in [1.29, 1.82) is 0 Å². The van der Waals surface area contributed by atoms with E-state index < -0.39 is 0 Å². The number of hydrogen-bond donors (Lipinski definition) is 1. The van der Waals surface area contributed by atoms with E-state index in [4.69, 9.17) is 0 Å². The summed E-state index contributed by atoms with van der Waals surface area (Å²) >= 11 is 0. The summed E-state index contributed by atoms with van der Waals surface area (Å²) < 4.78 is 0. The molecule has 1 heterocycles. The largest absolute Gasteiger partial charge is 0.308 e. The fourth-order valence-corrected chi connectivity index (χ4v) is 3.45. The van der Waals surface area contributed by atoms with Crippen LogP contribution in [-0.2, 0) is 0 Å². The molecule has 2 nitrogen and oxygen atoms in total. The third-order valence-electron chi connectivity index (χ3n) is 4.57. The summed E-state index contributed by atoms with van der Waals surface area (Å²) in [5.74, 6) is 0. The molecule has 1 aliphatic heterocycles. The van der Waals surface area contributed by atoms with Crippen molar-refractivity contribution in [3.05, 3.63) is 0 Å². The highest BCUT2D eigenvalue weighted by molar-refractivity contribution is 5.00. The molecule has 1 saturated carbocycles. The van der Waals surface area contributed by atoms with Gasteiger partial charge in [0.25, 0.3) is 0 Å². The van der Waals surface area contributed by atoms with E-state index >= 15 is 0 Å². The van der Waals surface area contributed by atoms with Crippen molar-refractivity contribution >= 4 is 0 Å². The zero-order valence-corrected chi connectivity index (χ0v) is 11.1. The van der Waals surface area contributed by atoms with E-state index in [1.165, 1.54) is 64.6 Å². The van der Waals surface area contributed by atoms with Crippen LogP contribution in [0, 0.1) is 0 Å². The predicted molar refractivity (Wildman–Crippen MR) is 69.8 cm³/mol. The summed E-state index contributed by atoms with van der Waals surface area (Å²) in [5, 5.41) is 3.86. The van der Waals surface area contributed by atoms with Gasteiger partial charge in [-0.25, -0.2) is 0 Å². The monoisotopic (exact) mass is 224 g/mol. The maximum absolute atomic E-state index is 3.86. The van der Waals surface area contributed by atoms with Gasteiger partial charge in [-0.15, -0.1) is 0 Å². The molecule has 94 valence electrons. The van der Waals surface area contributed by atoms with E-state index in [0.29, 0.717) is 5.54 Å². The van der Waals surface area contributed by atoms with Gasteiger partial charge >= 0.3 is 0 Å². The molecular formula is C14H28N2. The van der Waals surface area contributed by atoms with E-state index in [1.54, 1.807) is 0 Å². The third kappa shape index (κ3) is 2.60. The summed E-state index contributed by atoms with van der Waals surface area (Å²) in [6.07, 6.45) is 9.68. The Labute approximate surface area is 101 Å². The molecule has 2 fully saturated rings. The van der Waals surface area contributed by atoms with E-state index in [0.717, 1.165) is 6.04 Å². The van der Waals surface area contributed by atoms with Gasteiger partial charge in [0.05, 0.1) is 0 Å². The number of nitrogens with one attached hydrogen (secondary N) is 1. The van der Waals surface area contributed by atoms with Crippen LogP contribution in [0.1, 0.15) is 58.8 Å². The van der Waals surface area contributed by atoms with Crippen molar-refractivity contribution in [1.82, 2.24) is 10.2 Å². The normalized spacial score (nSPS) is 30.0. The van der Waals surface area contributed by atoms with Crippen LogP contribution >= 0.6 is 0 Å². The van der Waals surface area contributed by atoms with Gasteiger partial charge in [0, 0.05) is 24.7 Å². The first-order valence-electron chi connectivity index (χ1n) is 7.29. The minimum absolute atomic E-state index is 0.499. The molecule has 2 heteroatoms. The highest BCUT2D eigenvalue weighted by atomic mass is 15.3. The Bertz CT molecular complexity index is 209. The van der Waals surface area contributed by atoms with Crippen LogP contribution in [0.5, 0.6) is 0 Å². The van der Waals surface area contributed by atoms with Crippen LogP contribution in [0.15, 0.2) is 0 Å². The van der Waals surface area contributed by atoms with Crippen molar-refractivity contribution in [2.24, 2.45) is 0 Å². The maximum atomic E-state index is 3.86. The van der Waals surface area contributed by atoms with Crippen molar-refractivity contribution in [3.63, 3.8) is 0 Å². The molecule has 0 radical (unpaired) electrons. The molecule has 0 aromatic heterocycles. The standard InChI is InChI=1S/C14H28N2/c1-3-5-10-16-12-14(8-6-7-9-14)15-11-13(16)4-2/h13,15H,3-12H2,1-2H3. The Morgan fingerprint density at radius 2 is 2.00 bits per heavy atom. The van der Waals surface area contributed by atoms with Crippen molar-refractivity contribution in [2.45, 2.75) is 70.4 Å². The lowest BCUT2D eigenvalue weighted by atomic mass is 9.91. The number of unbranched alkanes of at least 4 members (excludes halogenated alkanes) is 1. The number of nitrogens with zero attached hydrogens (tertiary/aromatic N) is 1. The topological polar surface area (TPSA) is 15.3 Å². The van der Waals surface area contributed by atoms with Gasteiger partial charge in [-0.1, -0.05) is 33.1 Å². The number of hydrogen-bond acceptors (Lipinski definition) is 2. The third-order valence-corrected chi connectivity index (χ3v) is 4.57. The van der Waals surface area contributed by atoms with E-state index in [9.17, 15) is 0 Å². The van der Waals surface area contributed by atoms with Gasteiger partial charge in [-0.3, -0.25) is 4.90 Å². The molecule has 0 bridgehead atoms. The molecule has 2 aliphatic rings. The molecule has 0 amide bonds. The Morgan fingerprint density at radius 1 is 1.25 bits per heavy atom. The average molecular weight is 224 g/mol. The zero-order chi connectivity index (χ0) is 11.4. The van der Waals surface area contributed by atoms with Gasteiger partial charge in [-0.2, -0.15) is 0 Å². The van der Waals surface area contributed by atoms with E-state index in [1.807, 2.05) is 0 Å². The second kappa shape index (κ2) is 5.50. The number of rotatable bonds is 4. The summed E-state index contributed by atoms with van der Waals surface area (Å²) in [6, 6.07) is 0.790. The Balaban J connectivity index is 1.94. The number of piperazine rings is 1. The van der Waals surface area contributed by atoms with Gasteiger partial charge in [-0.05, 0) is 32.2 Å². The van der Waals surface area contributed by atoms with Crippen LogP contribution in [0.3, 0.4) is 0 Å². The summed E-state index contributed by atoms with van der Waals surface area (Å²) in [6.45, 7) is 8.48. The molecule has 1 spiro atoms. The minimum atomic E-state index is 0.499. The Morgan fingerprint density at radius 3 is 2.62 bits per heavy atom. The first-order chi connectivity index (χ1) is 7.79. The summed E-state index contributed by atoms with van der Waals surface area (Å²) in [7, 11) is 0. The van der Waals surface area contributed by atoms with Gasteiger partial charge in [0.15, 0.2) is 0 Å². The lowest BCUT2D eigenvalue weighted by Crippen LogP contribution is -2.63. The van der Waals surface area contributed by atoms with Crippen LogP contribution in [0.4, 0.5) is 0 Å².